The number of benzene rings is 2. The number of anilines is 4. The van der Waals surface area contributed by atoms with Crippen LogP contribution in [-0.2, 0) is 23.9 Å². The fourth-order valence-electron chi connectivity index (χ4n) is 8.07. The third kappa shape index (κ3) is 10.2. The number of hydrogen-bond donors (Lipinski definition) is 5. The Balaban J connectivity index is 0.741. The van der Waals surface area contributed by atoms with Crippen LogP contribution in [0.1, 0.15) is 72.8 Å². The van der Waals surface area contributed by atoms with Gasteiger partial charge in [-0.25, -0.2) is 4.98 Å². The van der Waals surface area contributed by atoms with Gasteiger partial charge in [-0.2, -0.15) is 0 Å². The molecule has 2 aromatic carbocycles. The number of ether oxygens (including phenoxy) is 2. The molecule has 20 heteroatoms. The van der Waals surface area contributed by atoms with Crippen molar-refractivity contribution in [2.45, 2.75) is 38.1 Å². The van der Waals surface area contributed by atoms with Gasteiger partial charge >= 0.3 is 0 Å². The topological polar surface area (TPSA) is 252 Å². The number of pyridine rings is 1. The molecule has 338 valence electrons. The van der Waals surface area contributed by atoms with Gasteiger partial charge in [0.05, 0.1) is 54.3 Å². The second-order valence-corrected chi connectivity index (χ2v) is 16.6. The van der Waals surface area contributed by atoms with Gasteiger partial charge in [-0.15, -0.1) is 11.3 Å². The van der Waals surface area contributed by atoms with E-state index in [2.05, 4.69) is 30.7 Å². The van der Waals surface area contributed by atoms with Crippen molar-refractivity contribution in [3.05, 3.63) is 76.3 Å². The summed E-state index contributed by atoms with van der Waals surface area (Å²) in [6.07, 6.45) is 3.51. The van der Waals surface area contributed by atoms with E-state index < -0.39 is 35.6 Å². The number of thiophene rings is 1. The predicted molar refractivity (Wildman–Crippen MR) is 240 cm³/mol. The van der Waals surface area contributed by atoms with Gasteiger partial charge in [-0.3, -0.25) is 43.8 Å². The van der Waals surface area contributed by atoms with Crippen molar-refractivity contribution in [2.24, 2.45) is 5.73 Å². The van der Waals surface area contributed by atoms with Crippen molar-refractivity contribution in [1.29, 1.82) is 0 Å². The Morgan fingerprint density at radius 3 is 2.44 bits per heavy atom. The Hall–Kier alpha value is -6.64. The van der Waals surface area contributed by atoms with Gasteiger partial charge < -0.3 is 46.3 Å². The molecule has 1 atom stereocenters. The van der Waals surface area contributed by atoms with Gasteiger partial charge in [0.1, 0.15) is 15.7 Å². The number of hydrogen-bond acceptors (Lipinski definition) is 15. The molecule has 4 aromatic rings. The molecule has 5 heterocycles. The van der Waals surface area contributed by atoms with Crippen molar-refractivity contribution in [1.82, 2.24) is 25.4 Å². The Labute approximate surface area is 373 Å². The molecular formula is C44H52N10O9S. The van der Waals surface area contributed by atoms with Crippen LogP contribution in [0.4, 0.5) is 22.7 Å². The van der Waals surface area contributed by atoms with Crippen LogP contribution in [0.2, 0.25) is 0 Å². The third-order valence-electron chi connectivity index (χ3n) is 11.4. The van der Waals surface area contributed by atoms with Crippen molar-refractivity contribution in [2.75, 3.05) is 100 Å². The molecule has 0 spiro atoms. The number of nitrogens with two attached hydrogens (primary N) is 2. The molecule has 2 aromatic heterocycles. The van der Waals surface area contributed by atoms with E-state index in [4.69, 9.17) is 20.9 Å². The Kier molecular flexibility index (Phi) is 14.7. The van der Waals surface area contributed by atoms with Crippen molar-refractivity contribution in [3.63, 3.8) is 0 Å². The zero-order valence-electron chi connectivity index (χ0n) is 35.6. The van der Waals surface area contributed by atoms with E-state index in [9.17, 15) is 33.6 Å². The first-order valence-corrected chi connectivity index (χ1v) is 22.1. The maximum atomic E-state index is 13.2. The molecule has 64 heavy (non-hydrogen) atoms. The smallest absolute Gasteiger partial charge is 0.264 e. The van der Waals surface area contributed by atoms with Crippen LogP contribution in [0.25, 0.3) is 10.2 Å². The number of carbonyl (C=O) groups is 7. The van der Waals surface area contributed by atoms with Crippen LogP contribution in [0, 0.1) is 0 Å². The molecule has 7 amide bonds. The van der Waals surface area contributed by atoms with Crippen molar-refractivity contribution < 1.29 is 43.0 Å². The Morgan fingerprint density at radius 2 is 1.67 bits per heavy atom. The number of nitrogens with one attached hydrogen (secondary N) is 3. The van der Waals surface area contributed by atoms with E-state index in [1.54, 1.807) is 30.3 Å². The molecule has 2 fully saturated rings. The molecule has 2 saturated heterocycles. The van der Waals surface area contributed by atoms with Gasteiger partial charge in [0.25, 0.3) is 23.6 Å². The minimum Gasteiger partial charge on any atom is -0.397 e. The summed E-state index contributed by atoms with van der Waals surface area (Å²) in [6, 6.07) is 13.4. The molecule has 1 unspecified atom stereocenters. The highest BCUT2D eigenvalue weighted by molar-refractivity contribution is 7.21. The van der Waals surface area contributed by atoms with E-state index >= 15 is 0 Å². The molecule has 7 rings (SSSR count). The first-order chi connectivity index (χ1) is 30.9. The third-order valence-corrected chi connectivity index (χ3v) is 12.5. The summed E-state index contributed by atoms with van der Waals surface area (Å²) in [5.74, 6) is -3.08. The lowest BCUT2D eigenvalue weighted by Gasteiger charge is -2.27. The Bertz CT molecular complexity index is 2430. The highest BCUT2D eigenvalue weighted by Crippen LogP contribution is 2.39. The van der Waals surface area contributed by atoms with Gasteiger partial charge in [0.2, 0.25) is 17.7 Å². The number of nitrogens with zero attached hydrogens (tertiary/aromatic N) is 5. The number of piperidine rings is 1. The second kappa shape index (κ2) is 20.7. The molecule has 0 bridgehead atoms. The van der Waals surface area contributed by atoms with Crippen LogP contribution in [0.5, 0.6) is 0 Å². The summed E-state index contributed by atoms with van der Waals surface area (Å²) < 4.78 is 11.2. The highest BCUT2D eigenvalue weighted by Gasteiger charge is 2.45. The van der Waals surface area contributed by atoms with Gasteiger partial charge in [-0.05, 0) is 61.7 Å². The van der Waals surface area contributed by atoms with E-state index in [0.717, 1.165) is 54.3 Å². The lowest BCUT2D eigenvalue weighted by Crippen LogP contribution is -2.54. The normalized spacial score (nSPS) is 16.5. The summed E-state index contributed by atoms with van der Waals surface area (Å²) >= 11 is 1.21. The molecule has 0 saturated carbocycles. The number of amides is 7. The molecule has 0 radical (unpaired) electrons. The molecule has 19 nitrogen and oxygen atoms in total. The number of imide groups is 2. The molecule has 0 aliphatic carbocycles. The molecule has 7 N–H and O–H groups in total. The largest absolute Gasteiger partial charge is 0.397 e. The van der Waals surface area contributed by atoms with Crippen LogP contribution in [0.15, 0.2) is 54.7 Å². The highest BCUT2D eigenvalue weighted by atomic mass is 32.1. The maximum Gasteiger partial charge on any atom is 0.264 e. The summed E-state index contributed by atoms with van der Waals surface area (Å²) in [5, 5.41) is 8.94. The van der Waals surface area contributed by atoms with Gasteiger partial charge in [0, 0.05) is 88.8 Å². The van der Waals surface area contributed by atoms with Crippen LogP contribution in [-0.4, -0.2) is 141 Å². The zero-order chi connectivity index (χ0) is 45.3. The number of carbonyl (C=O) groups excluding carboxylic acids is 7. The number of aromatic nitrogens is 1. The van der Waals surface area contributed by atoms with Crippen molar-refractivity contribution >= 4 is 85.7 Å². The molecule has 3 aliphatic heterocycles. The number of rotatable bonds is 19. The minimum atomic E-state index is -1.04. The number of nitrogen functional groups attached to an aromatic ring is 1. The first-order valence-electron chi connectivity index (χ1n) is 21.3. The number of primary amides is 1. The summed E-state index contributed by atoms with van der Waals surface area (Å²) in [6.45, 7) is 5.37. The lowest BCUT2D eigenvalue weighted by molar-refractivity contribution is -0.136. The van der Waals surface area contributed by atoms with Crippen molar-refractivity contribution in [3.8, 4) is 0 Å². The Morgan fingerprint density at radius 1 is 0.922 bits per heavy atom. The predicted octanol–water partition coefficient (Wildman–Crippen LogP) is 2.21. The molecule has 3 aliphatic rings. The summed E-state index contributed by atoms with van der Waals surface area (Å²) in [4.78, 5) is 100. The summed E-state index contributed by atoms with van der Waals surface area (Å²) in [7, 11) is 1.74. The number of fused-ring (bicyclic) bond motifs is 2. The van der Waals surface area contributed by atoms with Gasteiger partial charge in [0.15, 0.2) is 0 Å². The van der Waals surface area contributed by atoms with E-state index in [1.165, 1.54) is 17.4 Å². The SMILES string of the molecule is CN(CCCNC(=O)CCOCCOCCNc1cccc2c1C(=O)N(C1CCC(=O)NC1=O)C2=O)C(=O)c1ccc(N2CCCN(c3ccnc4sc(C(N)=O)c(N)c34)CC2)cc1. The average molecular weight is 897 g/mol. The minimum absolute atomic E-state index is 0.0448. The monoisotopic (exact) mass is 896 g/mol. The quantitative estimate of drug-likeness (QED) is 0.0669. The second-order valence-electron chi connectivity index (χ2n) is 15.6. The van der Waals surface area contributed by atoms with E-state index in [1.807, 2.05) is 30.3 Å². The van der Waals surface area contributed by atoms with Crippen LogP contribution < -0.4 is 37.2 Å². The van der Waals surface area contributed by atoms with E-state index in [0.29, 0.717) is 52.7 Å². The standard InChI is InChI=1S/C44H52N10O9S/c1-51(42(59)27-7-9-28(10-8-27)52-19-4-20-53(22-21-52)31-13-16-49-41-36(31)37(45)38(64-41)39(46)57)18-3-15-48-33(55)14-23-62-25-26-63-24-17-47-30-6-2-5-29-35(30)44(61)54(43(29)60)32-11-12-34(56)50-40(32)58/h2,5-10,13,16,32,47H,3-4,11-12,14-15,17-26,45H2,1H3,(H2,46,57)(H,48,55)(H,50,56,58). The van der Waals surface area contributed by atoms with Gasteiger partial charge in [-0.1, -0.05) is 6.07 Å². The maximum absolute atomic E-state index is 13.2. The van der Waals surface area contributed by atoms with E-state index in [-0.39, 0.29) is 68.6 Å². The van der Waals surface area contributed by atoms with Crippen LogP contribution in [0.3, 0.4) is 0 Å². The summed E-state index contributed by atoms with van der Waals surface area (Å²) in [5.41, 5.74) is 15.6. The zero-order valence-corrected chi connectivity index (χ0v) is 36.4. The average Bonchev–Trinajstić information content (AvgIpc) is 3.62. The van der Waals surface area contributed by atoms with Crippen LogP contribution >= 0.6 is 11.3 Å². The lowest BCUT2D eigenvalue weighted by atomic mass is 10.0. The fourth-order valence-corrected chi connectivity index (χ4v) is 9.00. The fraction of sp³-hybridized carbons (Fsp3) is 0.409. The first kappa shape index (κ1) is 45.4. The molecular weight excluding hydrogens is 845 g/mol.